The van der Waals surface area contributed by atoms with Crippen molar-refractivity contribution in [3.8, 4) is 0 Å². The second kappa shape index (κ2) is 8.19. The number of carbonyl (C=O) groups excluding carboxylic acids is 1. The van der Waals surface area contributed by atoms with Gasteiger partial charge in [0.2, 0.25) is 0 Å². The van der Waals surface area contributed by atoms with E-state index in [9.17, 15) is 9.90 Å². The molecule has 5 heteroatoms. The molecule has 2 aliphatic heterocycles. The van der Waals surface area contributed by atoms with E-state index in [4.69, 9.17) is 0 Å². The fourth-order valence-electron chi connectivity index (χ4n) is 3.95. The second-order valence-electron chi connectivity index (χ2n) is 7.23. The third kappa shape index (κ3) is 3.98. The van der Waals surface area contributed by atoms with Gasteiger partial charge in [-0.25, -0.2) is 4.79 Å². The van der Waals surface area contributed by atoms with Gasteiger partial charge in [0, 0.05) is 44.5 Å². The molecule has 0 unspecified atom stereocenters. The quantitative estimate of drug-likeness (QED) is 0.913. The zero-order valence-electron chi connectivity index (χ0n) is 15.5. The minimum Gasteiger partial charge on any atom is -0.392 e. The highest BCUT2D eigenvalue weighted by Crippen LogP contribution is 2.32. The molecule has 1 fully saturated rings. The van der Waals surface area contributed by atoms with Gasteiger partial charge in [0.25, 0.3) is 0 Å². The summed E-state index contributed by atoms with van der Waals surface area (Å²) in [4.78, 5) is 19.5. The van der Waals surface area contributed by atoms with Crippen LogP contribution in [-0.4, -0.2) is 65.8 Å². The number of hydrogen-bond donors (Lipinski definition) is 1. The SMILES string of the molecule is CC[C@@H](O)CN1CCN(C(=O)N2c3ccccc3CC[C@H]2CC)CC1. The van der Waals surface area contributed by atoms with Crippen LogP contribution in [0.2, 0.25) is 0 Å². The van der Waals surface area contributed by atoms with E-state index in [2.05, 4.69) is 30.0 Å². The molecule has 25 heavy (non-hydrogen) atoms. The van der Waals surface area contributed by atoms with E-state index in [0.29, 0.717) is 12.6 Å². The lowest BCUT2D eigenvalue weighted by Gasteiger charge is -2.42. The Morgan fingerprint density at radius 3 is 2.60 bits per heavy atom. The number of urea groups is 1. The molecule has 1 aromatic rings. The number of benzene rings is 1. The molecule has 2 aliphatic rings. The highest BCUT2D eigenvalue weighted by atomic mass is 16.3. The average molecular weight is 345 g/mol. The number of β-amino-alcohol motifs (C(OH)–C–C–N with tert-alkyl or cyclic N) is 1. The minimum absolute atomic E-state index is 0.148. The van der Waals surface area contributed by atoms with Crippen molar-refractivity contribution < 1.29 is 9.90 Å². The van der Waals surface area contributed by atoms with Crippen molar-refractivity contribution in [2.75, 3.05) is 37.6 Å². The summed E-state index contributed by atoms with van der Waals surface area (Å²) in [6, 6.07) is 8.76. The first-order valence-electron chi connectivity index (χ1n) is 9.70. The smallest absolute Gasteiger partial charge is 0.324 e. The highest BCUT2D eigenvalue weighted by Gasteiger charge is 2.33. The second-order valence-corrected chi connectivity index (χ2v) is 7.23. The molecule has 0 spiro atoms. The van der Waals surface area contributed by atoms with Crippen LogP contribution in [0.5, 0.6) is 0 Å². The summed E-state index contributed by atoms with van der Waals surface area (Å²) in [7, 11) is 0. The zero-order valence-corrected chi connectivity index (χ0v) is 15.5. The Hall–Kier alpha value is -1.59. The van der Waals surface area contributed by atoms with Crippen LogP contribution in [0, 0.1) is 0 Å². The van der Waals surface area contributed by atoms with Gasteiger partial charge >= 0.3 is 6.03 Å². The highest BCUT2D eigenvalue weighted by molar-refractivity contribution is 5.94. The van der Waals surface area contributed by atoms with Gasteiger partial charge in [-0.05, 0) is 37.3 Å². The number of nitrogens with zero attached hydrogens (tertiary/aromatic N) is 3. The van der Waals surface area contributed by atoms with Gasteiger partial charge < -0.3 is 10.0 Å². The number of piperazine rings is 1. The van der Waals surface area contributed by atoms with Crippen molar-refractivity contribution in [2.24, 2.45) is 0 Å². The molecule has 1 saturated heterocycles. The average Bonchev–Trinajstić information content (AvgIpc) is 2.67. The summed E-state index contributed by atoms with van der Waals surface area (Å²) >= 11 is 0. The summed E-state index contributed by atoms with van der Waals surface area (Å²) in [6.07, 6.45) is 3.61. The monoisotopic (exact) mass is 345 g/mol. The van der Waals surface area contributed by atoms with Crippen molar-refractivity contribution >= 4 is 11.7 Å². The van der Waals surface area contributed by atoms with Gasteiger partial charge in [0.05, 0.1) is 6.10 Å². The normalized spacial score (nSPS) is 22.6. The first-order chi connectivity index (χ1) is 12.1. The Morgan fingerprint density at radius 1 is 1.20 bits per heavy atom. The molecule has 2 atom stereocenters. The predicted molar refractivity (Wildman–Crippen MR) is 101 cm³/mol. The van der Waals surface area contributed by atoms with E-state index in [0.717, 1.165) is 57.5 Å². The van der Waals surface area contributed by atoms with E-state index in [1.165, 1.54) is 5.56 Å². The molecular weight excluding hydrogens is 314 g/mol. The maximum Gasteiger partial charge on any atom is 0.324 e. The zero-order chi connectivity index (χ0) is 17.8. The Morgan fingerprint density at radius 2 is 1.92 bits per heavy atom. The third-order valence-electron chi connectivity index (χ3n) is 5.62. The predicted octanol–water partition coefficient (Wildman–Crippen LogP) is 2.73. The number of fused-ring (bicyclic) bond motifs is 1. The van der Waals surface area contributed by atoms with Crippen LogP contribution in [0.25, 0.3) is 0 Å². The van der Waals surface area contributed by atoms with Crippen molar-refractivity contribution in [2.45, 2.75) is 51.7 Å². The molecule has 2 heterocycles. The van der Waals surface area contributed by atoms with Crippen LogP contribution in [0.4, 0.5) is 10.5 Å². The summed E-state index contributed by atoms with van der Waals surface area (Å²) in [5.41, 5.74) is 2.37. The first-order valence-corrected chi connectivity index (χ1v) is 9.70. The molecular formula is C20H31N3O2. The molecule has 1 N–H and O–H groups in total. The number of aryl methyl sites for hydroxylation is 1. The molecule has 1 aromatic carbocycles. The standard InChI is InChI=1S/C20H31N3O2/c1-3-17-10-9-16-7-5-6-8-19(16)23(17)20(25)22-13-11-21(12-14-22)15-18(24)4-2/h5-8,17-18,24H,3-4,9-15H2,1-2H3/t17-,18-/m1/s1. The number of carbonyl (C=O) groups is 1. The van der Waals surface area contributed by atoms with E-state index >= 15 is 0 Å². The van der Waals surface area contributed by atoms with Gasteiger partial charge in [-0.3, -0.25) is 9.80 Å². The number of amides is 2. The molecule has 3 rings (SSSR count). The van der Waals surface area contributed by atoms with Crippen LogP contribution in [0.15, 0.2) is 24.3 Å². The van der Waals surface area contributed by atoms with Gasteiger partial charge in [-0.15, -0.1) is 0 Å². The summed E-state index contributed by atoms with van der Waals surface area (Å²) in [6.45, 7) is 8.05. The topological polar surface area (TPSA) is 47.0 Å². The van der Waals surface area contributed by atoms with Gasteiger partial charge in [-0.1, -0.05) is 32.0 Å². The van der Waals surface area contributed by atoms with E-state index < -0.39 is 0 Å². The van der Waals surface area contributed by atoms with Crippen LogP contribution in [0.3, 0.4) is 0 Å². The van der Waals surface area contributed by atoms with Crippen molar-refractivity contribution in [1.29, 1.82) is 0 Å². The number of rotatable bonds is 4. The van der Waals surface area contributed by atoms with Crippen LogP contribution < -0.4 is 4.90 Å². The van der Waals surface area contributed by atoms with Gasteiger partial charge in [-0.2, -0.15) is 0 Å². The number of anilines is 1. The Balaban J connectivity index is 1.68. The first kappa shape index (κ1) is 18.2. The maximum absolute atomic E-state index is 13.3. The largest absolute Gasteiger partial charge is 0.392 e. The lowest BCUT2D eigenvalue weighted by Crippen LogP contribution is -2.56. The van der Waals surface area contributed by atoms with Crippen molar-refractivity contribution in [3.63, 3.8) is 0 Å². The molecule has 0 aromatic heterocycles. The number of hydrogen-bond acceptors (Lipinski definition) is 3. The number of aliphatic hydroxyl groups is 1. The van der Waals surface area contributed by atoms with E-state index in [1.54, 1.807) is 0 Å². The Kier molecular flexibility index (Phi) is 5.97. The maximum atomic E-state index is 13.3. The molecule has 2 amide bonds. The lowest BCUT2D eigenvalue weighted by atomic mass is 9.94. The fraction of sp³-hybridized carbons (Fsp3) is 0.650. The molecule has 0 radical (unpaired) electrons. The molecule has 0 bridgehead atoms. The fourth-order valence-corrected chi connectivity index (χ4v) is 3.95. The number of aliphatic hydroxyl groups excluding tert-OH is 1. The Bertz CT molecular complexity index is 584. The summed E-state index contributed by atoms with van der Waals surface area (Å²) < 4.78 is 0. The van der Waals surface area contributed by atoms with Crippen LogP contribution in [-0.2, 0) is 6.42 Å². The molecule has 0 aliphatic carbocycles. The molecule has 0 saturated carbocycles. The minimum atomic E-state index is -0.263. The van der Waals surface area contributed by atoms with Crippen LogP contribution in [0.1, 0.15) is 38.7 Å². The van der Waals surface area contributed by atoms with Gasteiger partial charge in [0.15, 0.2) is 0 Å². The summed E-state index contributed by atoms with van der Waals surface area (Å²) in [5, 5.41) is 9.83. The van der Waals surface area contributed by atoms with Gasteiger partial charge in [0.1, 0.15) is 0 Å². The molecule has 138 valence electrons. The van der Waals surface area contributed by atoms with Crippen LogP contribution >= 0.6 is 0 Å². The number of para-hydroxylation sites is 1. The summed E-state index contributed by atoms with van der Waals surface area (Å²) in [5.74, 6) is 0. The molecule has 5 nitrogen and oxygen atoms in total. The van der Waals surface area contributed by atoms with Crippen molar-refractivity contribution in [1.82, 2.24) is 9.80 Å². The Labute approximate surface area is 151 Å². The lowest BCUT2D eigenvalue weighted by molar-refractivity contribution is 0.0798. The van der Waals surface area contributed by atoms with E-state index in [1.807, 2.05) is 22.8 Å². The third-order valence-corrected chi connectivity index (χ3v) is 5.62. The van der Waals surface area contributed by atoms with Crippen molar-refractivity contribution in [3.05, 3.63) is 29.8 Å². The van der Waals surface area contributed by atoms with E-state index in [-0.39, 0.29) is 12.1 Å².